The Labute approximate surface area is 116 Å². The molecule has 0 bridgehead atoms. The Hall–Kier alpha value is -2.69. The fourth-order valence-corrected chi connectivity index (χ4v) is 2.00. The average molecular weight is 270 g/mol. The van der Waals surface area contributed by atoms with Gasteiger partial charge in [0.2, 0.25) is 5.91 Å². The Kier molecular flexibility index (Phi) is 4.10. The molecule has 0 aliphatic carbocycles. The summed E-state index contributed by atoms with van der Waals surface area (Å²) in [6.45, 7) is 1.45. The smallest absolute Gasteiger partial charge is 0.269 e. The van der Waals surface area contributed by atoms with Crippen molar-refractivity contribution in [2.45, 2.75) is 13.0 Å². The Bertz CT molecular complexity index is 609. The Balaban J connectivity index is 2.36. The van der Waals surface area contributed by atoms with Crippen molar-refractivity contribution in [3.05, 3.63) is 75.8 Å². The second-order valence-corrected chi connectivity index (χ2v) is 4.39. The second kappa shape index (κ2) is 5.97. The van der Waals surface area contributed by atoms with Crippen molar-refractivity contribution < 1.29 is 9.72 Å². The molecule has 2 aromatic rings. The zero-order valence-electron chi connectivity index (χ0n) is 10.9. The molecular formula is C15H14N2O3. The molecule has 0 spiro atoms. The molecule has 1 N–H and O–H groups in total. The summed E-state index contributed by atoms with van der Waals surface area (Å²) >= 11 is 0. The molecule has 0 radical (unpaired) electrons. The van der Waals surface area contributed by atoms with E-state index < -0.39 is 4.92 Å². The number of carbonyl (C=O) groups is 1. The summed E-state index contributed by atoms with van der Waals surface area (Å²) in [6, 6.07) is 15.4. The second-order valence-electron chi connectivity index (χ2n) is 4.39. The Morgan fingerprint density at radius 2 is 1.60 bits per heavy atom. The van der Waals surface area contributed by atoms with Crippen LogP contribution < -0.4 is 5.32 Å². The van der Waals surface area contributed by atoms with E-state index in [9.17, 15) is 14.9 Å². The van der Waals surface area contributed by atoms with Gasteiger partial charge in [0.05, 0.1) is 11.0 Å². The lowest BCUT2D eigenvalue weighted by molar-refractivity contribution is -0.384. The van der Waals surface area contributed by atoms with Crippen LogP contribution in [0.4, 0.5) is 5.69 Å². The standard InChI is InChI=1S/C15H14N2O3/c1-11(18)16-15(12-5-3-2-4-6-12)13-7-9-14(10-8-13)17(19)20/h2-10,15H,1H3,(H,16,18). The van der Waals surface area contributed by atoms with Gasteiger partial charge in [-0.25, -0.2) is 0 Å². The molecule has 1 unspecified atom stereocenters. The summed E-state index contributed by atoms with van der Waals surface area (Å²) in [5.74, 6) is -0.155. The van der Waals surface area contributed by atoms with Gasteiger partial charge in [0.1, 0.15) is 0 Å². The van der Waals surface area contributed by atoms with Gasteiger partial charge in [0.15, 0.2) is 0 Å². The molecule has 5 heteroatoms. The van der Waals surface area contributed by atoms with E-state index in [-0.39, 0.29) is 17.6 Å². The van der Waals surface area contributed by atoms with Crippen LogP contribution in [0.25, 0.3) is 0 Å². The van der Waals surface area contributed by atoms with Crippen molar-refractivity contribution in [2.24, 2.45) is 0 Å². The Morgan fingerprint density at radius 1 is 1.05 bits per heavy atom. The molecule has 20 heavy (non-hydrogen) atoms. The highest BCUT2D eigenvalue weighted by atomic mass is 16.6. The highest BCUT2D eigenvalue weighted by Gasteiger charge is 2.16. The Morgan fingerprint density at radius 3 is 2.10 bits per heavy atom. The van der Waals surface area contributed by atoms with Gasteiger partial charge < -0.3 is 5.32 Å². The fourth-order valence-electron chi connectivity index (χ4n) is 2.00. The number of hydrogen-bond donors (Lipinski definition) is 1. The third-order valence-corrected chi connectivity index (χ3v) is 2.92. The predicted octanol–water partition coefficient (Wildman–Crippen LogP) is 2.82. The summed E-state index contributed by atoms with van der Waals surface area (Å²) in [6.07, 6.45) is 0. The molecule has 102 valence electrons. The van der Waals surface area contributed by atoms with E-state index in [2.05, 4.69) is 5.32 Å². The molecule has 0 aliphatic heterocycles. The lowest BCUT2D eigenvalue weighted by Crippen LogP contribution is -2.26. The van der Waals surface area contributed by atoms with Crippen molar-refractivity contribution in [3.63, 3.8) is 0 Å². The minimum Gasteiger partial charge on any atom is -0.345 e. The molecule has 0 saturated heterocycles. The molecule has 0 saturated carbocycles. The van der Waals surface area contributed by atoms with E-state index in [0.29, 0.717) is 0 Å². The average Bonchev–Trinajstić information content (AvgIpc) is 2.45. The van der Waals surface area contributed by atoms with Crippen LogP contribution in [0.1, 0.15) is 24.1 Å². The van der Waals surface area contributed by atoms with Crippen LogP contribution in [-0.4, -0.2) is 10.8 Å². The number of nitro groups is 1. The number of amides is 1. The number of hydrogen-bond acceptors (Lipinski definition) is 3. The highest BCUT2D eigenvalue weighted by molar-refractivity contribution is 5.74. The number of benzene rings is 2. The zero-order chi connectivity index (χ0) is 14.5. The molecule has 0 heterocycles. The third-order valence-electron chi connectivity index (χ3n) is 2.92. The molecule has 2 rings (SSSR count). The number of nitrogens with one attached hydrogen (secondary N) is 1. The van der Waals surface area contributed by atoms with Gasteiger partial charge in [0.25, 0.3) is 5.69 Å². The minimum absolute atomic E-state index is 0.0309. The van der Waals surface area contributed by atoms with Crippen LogP contribution in [0.15, 0.2) is 54.6 Å². The highest BCUT2D eigenvalue weighted by Crippen LogP contribution is 2.24. The van der Waals surface area contributed by atoms with Crippen molar-refractivity contribution >= 4 is 11.6 Å². The van der Waals surface area contributed by atoms with Gasteiger partial charge in [-0.15, -0.1) is 0 Å². The van der Waals surface area contributed by atoms with Gasteiger partial charge in [-0.3, -0.25) is 14.9 Å². The van der Waals surface area contributed by atoms with Crippen molar-refractivity contribution in [3.8, 4) is 0 Å². The zero-order valence-corrected chi connectivity index (χ0v) is 10.9. The van der Waals surface area contributed by atoms with E-state index in [1.165, 1.54) is 19.1 Å². The maximum atomic E-state index is 11.4. The van der Waals surface area contributed by atoms with E-state index in [1.807, 2.05) is 30.3 Å². The van der Waals surface area contributed by atoms with E-state index >= 15 is 0 Å². The van der Waals surface area contributed by atoms with Crippen molar-refractivity contribution in [2.75, 3.05) is 0 Å². The summed E-state index contributed by atoms with van der Waals surface area (Å²) in [5.41, 5.74) is 1.76. The largest absolute Gasteiger partial charge is 0.345 e. The minimum atomic E-state index is -0.445. The number of nitrogens with zero attached hydrogens (tertiary/aromatic N) is 1. The molecule has 2 aromatic carbocycles. The van der Waals surface area contributed by atoms with Crippen LogP contribution in [0, 0.1) is 10.1 Å². The number of non-ortho nitro benzene ring substituents is 1. The van der Waals surface area contributed by atoms with Gasteiger partial charge in [-0.2, -0.15) is 0 Å². The number of carbonyl (C=O) groups excluding carboxylic acids is 1. The van der Waals surface area contributed by atoms with Crippen molar-refractivity contribution in [1.29, 1.82) is 0 Å². The van der Waals surface area contributed by atoms with Crippen LogP contribution in [0.5, 0.6) is 0 Å². The third kappa shape index (κ3) is 3.20. The molecule has 1 atom stereocenters. The molecule has 0 aliphatic rings. The van der Waals surface area contributed by atoms with Gasteiger partial charge >= 0.3 is 0 Å². The van der Waals surface area contributed by atoms with Crippen LogP contribution in [-0.2, 0) is 4.79 Å². The van der Waals surface area contributed by atoms with E-state index in [1.54, 1.807) is 12.1 Å². The molecule has 1 amide bonds. The monoisotopic (exact) mass is 270 g/mol. The first-order valence-electron chi connectivity index (χ1n) is 6.14. The maximum Gasteiger partial charge on any atom is 0.269 e. The summed E-state index contributed by atoms with van der Waals surface area (Å²) in [5, 5.41) is 13.5. The molecule has 0 fully saturated rings. The van der Waals surface area contributed by atoms with Crippen molar-refractivity contribution in [1.82, 2.24) is 5.32 Å². The lowest BCUT2D eigenvalue weighted by Gasteiger charge is -2.18. The molecule has 0 aromatic heterocycles. The summed E-state index contributed by atoms with van der Waals surface area (Å²) in [4.78, 5) is 21.6. The summed E-state index contributed by atoms with van der Waals surface area (Å²) < 4.78 is 0. The quantitative estimate of drug-likeness (QED) is 0.685. The first kappa shape index (κ1) is 13.7. The SMILES string of the molecule is CC(=O)NC(c1ccccc1)c1ccc([N+](=O)[O-])cc1. The number of nitro benzene ring substituents is 1. The lowest BCUT2D eigenvalue weighted by atomic mass is 9.98. The van der Waals surface area contributed by atoms with Gasteiger partial charge in [-0.05, 0) is 23.3 Å². The fraction of sp³-hybridized carbons (Fsp3) is 0.133. The topological polar surface area (TPSA) is 72.2 Å². The maximum absolute atomic E-state index is 11.4. The van der Waals surface area contributed by atoms with Crippen LogP contribution in [0.3, 0.4) is 0 Å². The van der Waals surface area contributed by atoms with E-state index in [4.69, 9.17) is 0 Å². The molecule has 5 nitrogen and oxygen atoms in total. The summed E-state index contributed by atoms with van der Waals surface area (Å²) in [7, 11) is 0. The van der Waals surface area contributed by atoms with E-state index in [0.717, 1.165) is 11.1 Å². The van der Waals surface area contributed by atoms with Crippen LogP contribution >= 0.6 is 0 Å². The van der Waals surface area contributed by atoms with Gasteiger partial charge in [-0.1, -0.05) is 30.3 Å². The van der Waals surface area contributed by atoms with Gasteiger partial charge in [0, 0.05) is 19.1 Å². The normalized spacial score (nSPS) is 11.7. The first-order valence-corrected chi connectivity index (χ1v) is 6.14. The predicted molar refractivity (Wildman–Crippen MR) is 75.2 cm³/mol. The first-order chi connectivity index (χ1) is 9.58. The molecular weight excluding hydrogens is 256 g/mol. The van der Waals surface area contributed by atoms with Crippen LogP contribution in [0.2, 0.25) is 0 Å². The number of rotatable bonds is 4.